The Morgan fingerprint density at radius 2 is 2.16 bits per heavy atom. The van der Waals surface area contributed by atoms with Gasteiger partial charge < -0.3 is 20.1 Å². The molecule has 0 spiro atoms. The molecule has 1 atom stereocenters. The van der Waals surface area contributed by atoms with Crippen LogP contribution in [0.25, 0.3) is 0 Å². The van der Waals surface area contributed by atoms with Gasteiger partial charge in [0, 0.05) is 19.7 Å². The molecule has 19 heavy (non-hydrogen) atoms. The molecule has 0 saturated carbocycles. The van der Waals surface area contributed by atoms with Crippen LogP contribution in [0.5, 0.6) is 5.75 Å². The maximum Gasteiger partial charge on any atom is 0.315 e. The number of amides is 2. The summed E-state index contributed by atoms with van der Waals surface area (Å²) in [7, 11) is 1.63. The summed E-state index contributed by atoms with van der Waals surface area (Å²) < 4.78 is 10.5. The number of rotatable bonds is 5. The first-order valence-electron chi connectivity index (χ1n) is 6.54. The molecule has 2 rings (SSSR count). The van der Waals surface area contributed by atoms with E-state index in [1.165, 1.54) is 0 Å². The van der Waals surface area contributed by atoms with Crippen molar-refractivity contribution < 1.29 is 14.3 Å². The summed E-state index contributed by atoms with van der Waals surface area (Å²) in [5.41, 5.74) is 1.04. The van der Waals surface area contributed by atoms with Gasteiger partial charge in [-0.25, -0.2) is 4.79 Å². The SMILES string of the molecule is COc1ccc(CNC(=O)NC[C@@H]2CCCO2)cc1. The highest BCUT2D eigenvalue weighted by molar-refractivity contribution is 5.73. The van der Waals surface area contributed by atoms with Gasteiger partial charge in [-0.1, -0.05) is 12.1 Å². The summed E-state index contributed by atoms with van der Waals surface area (Å²) >= 11 is 0. The maximum absolute atomic E-state index is 11.6. The molecule has 0 unspecified atom stereocenters. The van der Waals surface area contributed by atoms with Gasteiger partial charge in [0.25, 0.3) is 0 Å². The van der Waals surface area contributed by atoms with E-state index in [0.29, 0.717) is 13.1 Å². The van der Waals surface area contributed by atoms with Crippen molar-refractivity contribution in [3.8, 4) is 5.75 Å². The van der Waals surface area contributed by atoms with Crippen molar-refractivity contribution in [2.75, 3.05) is 20.3 Å². The Hall–Kier alpha value is -1.75. The minimum absolute atomic E-state index is 0.161. The van der Waals surface area contributed by atoms with Gasteiger partial charge >= 0.3 is 6.03 Å². The van der Waals surface area contributed by atoms with Crippen molar-refractivity contribution in [2.24, 2.45) is 0 Å². The van der Waals surface area contributed by atoms with Crippen LogP contribution in [0, 0.1) is 0 Å². The lowest BCUT2D eigenvalue weighted by Gasteiger charge is -2.11. The third-order valence-corrected chi connectivity index (χ3v) is 3.13. The molecule has 1 aromatic carbocycles. The molecule has 0 bridgehead atoms. The van der Waals surface area contributed by atoms with Crippen molar-refractivity contribution in [2.45, 2.75) is 25.5 Å². The van der Waals surface area contributed by atoms with E-state index < -0.39 is 0 Å². The minimum atomic E-state index is -0.161. The van der Waals surface area contributed by atoms with Crippen molar-refractivity contribution in [1.82, 2.24) is 10.6 Å². The Balaban J connectivity index is 1.67. The van der Waals surface area contributed by atoms with Gasteiger partial charge in [-0.15, -0.1) is 0 Å². The zero-order valence-electron chi connectivity index (χ0n) is 11.1. The molecule has 1 aliphatic rings. The Morgan fingerprint density at radius 3 is 2.79 bits per heavy atom. The van der Waals surface area contributed by atoms with Crippen molar-refractivity contribution in [1.29, 1.82) is 0 Å². The topological polar surface area (TPSA) is 59.6 Å². The highest BCUT2D eigenvalue weighted by Gasteiger charge is 2.15. The fourth-order valence-corrected chi connectivity index (χ4v) is 2.00. The molecular weight excluding hydrogens is 244 g/mol. The third kappa shape index (κ3) is 4.44. The van der Waals surface area contributed by atoms with E-state index in [1.807, 2.05) is 24.3 Å². The average molecular weight is 264 g/mol. The van der Waals surface area contributed by atoms with Crippen LogP contribution in [0.3, 0.4) is 0 Å². The van der Waals surface area contributed by atoms with E-state index in [4.69, 9.17) is 9.47 Å². The predicted octanol–water partition coefficient (Wildman–Crippen LogP) is 1.67. The number of hydrogen-bond donors (Lipinski definition) is 2. The number of nitrogens with one attached hydrogen (secondary N) is 2. The summed E-state index contributed by atoms with van der Waals surface area (Å²) in [6.45, 7) is 1.88. The Morgan fingerprint density at radius 1 is 1.37 bits per heavy atom. The van der Waals surface area contributed by atoms with E-state index in [0.717, 1.165) is 30.8 Å². The summed E-state index contributed by atoms with van der Waals surface area (Å²) in [6.07, 6.45) is 2.28. The van der Waals surface area contributed by atoms with Crippen molar-refractivity contribution in [3.63, 3.8) is 0 Å². The molecule has 1 aliphatic heterocycles. The fourth-order valence-electron chi connectivity index (χ4n) is 2.00. The zero-order valence-corrected chi connectivity index (χ0v) is 11.1. The summed E-state index contributed by atoms with van der Waals surface area (Å²) in [5.74, 6) is 0.812. The van der Waals surface area contributed by atoms with Crippen LogP contribution in [-0.2, 0) is 11.3 Å². The Bertz CT molecular complexity index is 400. The van der Waals surface area contributed by atoms with Gasteiger partial charge in [-0.3, -0.25) is 0 Å². The molecule has 1 heterocycles. The van der Waals surface area contributed by atoms with E-state index in [9.17, 15) is 4.79 Å². The van der Waals surface area contributed by atoms with Crippen LogP contribution in [0.1, 0.15) is 18.4 Å². The molecule has 5 nitrogen and oxygen atoms in total. The number of methoxy groups -OCH3 is 1. The zero-order chi connectivity index (χ0) is 13.5. The molecular formula is C14H20N2O3. The lowest BCUT2D eigenvalue weighted by molar-refractivity contribution is 0.111. The fraction of sp³-hybridized carbons (Fsp3) is 0.500. The number of urea groups is 1. The molecule has 2 amide bonds. The first kappa shape index (κ1) is 13.7. The molecule has 1 saturated heterocycles. The minimum Gasteiger partial charge on any atom is -0.497 e. The first-order chi connectivity index (χ1) is 9.28. The molecule has 1 fully saturated rings. The van der Waals surface area contributed by atoms with Crippen LogP contribution in [0.2, 0.25) is 0 Å². The third-order valence-electron chi connectivity index (χ3n) is 3.13. The second-order valence-electron chi connectivity index (χ2n) is 4.55. The number of benzene rings is 1. The average Bonchev–Trinajstić information content (AvgIpc) is 2.96. The second-order valence-corrected chi connectivity index (χ2v) is 4.55. The van der Waals surface area contributed by atoms with Gasteiger partial charge in [0.15, 0.2) is 0 Å². The van der Waals surface area contributed by atoms with E-state index >= 15 is 0 Å². The van der Waals surface area contributed by atoms with E-state index in [1.54, 1.807) is 7.11 Å². The van der Waals surface area contributed by atoms with Gasteiger partial charge in [0.1, 0.15) is 5.75 Å². The van der Waals surface area contributed by atoms with Gasteiger partial charge in [-0.05, 0) is 30.5 Å². The Labute approximate surface area is 113 Å². The van der Waals surface area contributed by atoms with Gasteiger partial charge in [0.05, 0.1) is 13.2 Å². The summed E-state index contributed by atoms with van der Waals surface area (Å²) in [6, 6.07) is 7.45. The molecule has 5 heteroatoms. The number of hydrogen-bond acceptors (Lipinski definition) is 3. The van der Waals surface area contributed by atoms with E-state index in [2.05, 4.69) is 10.6 Å². The van der Waals surface area contributed by atoms with Crippen molar-refractivity contribution in [3.05, 3.63) is 29.8 Å². The quantitative estimate of drug-likeness (QED) is 0.850. The molecule has 2 N–H and O–H groups in total. The molecule has 0 aliphatic carbocycles. The van der Waals surface area contributed by atoms with Crippen LogP contribution >= 0.6 is 0 Å². The van der Waals surface area contributed by atoms with Crippen molar-refractivity contribution >= 4 is 6.03 Å². The van der Waals surface area contributed by atoms with Crippen LogP contribution in [-0.4, -0.2) is 32.4 Å². The highest BCUT2D eigenvalue weighted by Crippen LogP contribution is 2.11. The lowest BCUT2D eigenvalue weighted by atomic mass is 10.2. The summed E-state index contributed by atoms with van der Waals surface area (Å²) in [5, 5.41) is 5.63. The monoisotopic (exact) mass is 264 g/mol. The highest BCUT2D eigenvalue weighted by atomic mass is 16.5. The van der Waals surface area contributed by atoms with Gasteiger partial charge in [0.2, 0.25) is 0 Å². The van der Waals surface area contributed by atoms with Crippen LogP contribution in [0.4, 0.5) is 4.79 Å². The maximum atomic E-state index is 11.6. The standard InChI is InChI=1S/C14H20N2O3/c1-18-12-6-4-11(5-7-12)9-15-14(17)16-10-13-3-2-8-19-13/h4-7,13H,2-3,8-10H2,1H3,(H2,15,16,17)/t13-/m0/s1. The number of carbonyl (C=O) groups is 1. The summed E-state index contributed by atoms with van der Waals surface area (Å²) in [4.78, 5) is 11.6. The van der Waals surface area contributed by atoms with Crippen LogP contribution < -0.4 is 15.4 Å². The molecule has 0 radical (unpaired) electrons. The largest absolute Gasteiger partial charge is 0.497 e. The van der Waals surface area contributed by atoms with Gasteiger partial charge in [-0.2, -0.15) is 0 Å². The van der Waals surface area contributed by atoms with E-state index in [-0.39, 0.29) is 12.1 Å². The normalized spacial score (nSPS) is 18.1. The first-order valence-corrected chi connectivity index (χ1v) is 6.54. The smallest absolute Gasteiger partial charge is 0.315 e. The molecule has 1 aromatic rings. The predicted molar refractivity (Wildman–Crippen MR) is 72.2 cm³/mol. The molecule has 0 aromatic heterocycles. The number of ether oxygens (including phenoxy) is 2. The van der Waals surface area contributed by atoms with Crippen LogP contribution in [0.15, 0.2) is 24.3 Å². The number of carbonyl (C=O) groups excluding carboxylic acids is 1. The molecule has 104 valence electrons. The lowest BCUT2D eigenvalue weighted by Crippen LogP contribution is -2.39. The second kappa shape index (κ2) is 6.99. The Kier molecular flexibility index (Phi) is 5.03.